The Bertz CT molecular complexity index is 459. The minimum atomic E-state index is -1.68. The van der Waals surface area contributed by atoms with E-state index < -0.39 is 16.9 Å². The molecule has 0 heterocycles. The number of carboxylic acid groups (broad SMARTS) is 1. The summed E-state index contributed by atoms with van der Waals surface area (Å²) in [5.74, 6) is -1.62. The van der Waals surface area contributed by atoms with Gasteiger partial charge >= 0.3 is 5.97 Å². The maximum absolute atomic E-state index is 11.9. The number of halogens is 2. The lowest BCUT2D eigenvalue weighted by Crippen LogP contribution is -2.18. The molecule has 1 rings (SSSR count). The molecular formula is C11H10BrIO4. The zero-order valence-corrected chi connectivity index (χ0v) is 12.6. The topological polar surface area (TPSA) is 74.6 Å². The molecule has 0 spiro atoms. The number of hydrogen-bond acceptors (Lipinski definition) is 3. The summed E-state index contributed by atoms with van der Waals surface area (Å²) in [6, 6.07) is 4.68. The first-order chi connectivity index (χ1) is 7.84. The van der Waals surface area contributed by atoms with Crippen LogP contribution in [0.25, 0.3) is 0 Å². The van der Waals surface area contributed by atoms with Crippen LogP contribution in [0, 0.1) is 3.57 Å². The maximum Gasteiger partial charge on any atom is 0.337 e. The van der Waals surface area contributed by atoms with E-state index in [0.29, 0.717) is 0 Å². The van der Waals surface area contributed by atoms with Crippen molar-refractivity contribution in [2.24, 2.45) is 0 Å². The minimum absolute atomic E-state index is 0.120. The molecule has 92 valence electrons. The van der Waals surface area contributed by atoms with E-state index in [1.165, 1.54) is 6.07 Å². The summed E-state index contributed by atoms with van der Waals surface area (Å²) < 4.78 is 0.806. The van der Waals surface area contributed by atoms with Crippen LogP contribution in [0.5, 0.6) is 0 Å². The molecule has 2 atom stereocenters. The van der Waals surface area contributed by atoms with Gasteiger partial charge in [0.1, 0.15) is 0 Å². The number of Topliss-reactive ketones (excluding diaryl/α,β-unsaturated/α-hetero) is 1. The fourth-order valence-corrected chi connectivity index (χ4v) is 2.07. The highest BCUT2D eigenvalue weighted by molar-refractivity contribution is 14.1. The third-order valence-electron chi connectivity index (χ3n) is 2.17. The molecule has 0 fully saturated rings. The highest BCUT2D eigenvalue weighted by Gasteiger charge is 2.24. The van der Waals surface area contributed by atoms with Crippen LogP contribution in [-0.2, 0) is 4.79 Å². The molecule has 6 heteroatoms. The monoisotopic (exact) mass is 412 g/mol. The van der Waals surface area contributed by atoms with Crippen LogP contribution >= 0.6 is 38.5 Å². The van der Waals surface area contributed by atoms with E-state index in [4.69, 9.17) is 5.11 Å². The number of rotatable bonds is 4. The molecule has 17 heavy (non-hydrogen) atoms. The summed E-state index contributed by atoms with van der Waals surface area (Å²) in [7, 11) is 0. The molecule has 0 aliphatic rings. The van der Waals surface area contributed by atoms with Gasteiger partial charge < -0.3 is 10.2 Å². The highest BCUT2D eigenvalue weighted by atomic mass is 127. The number of hydrogen-bond donors (Lipinski definition) is 2. The average molecular weight is 413 g/mol. The lowest BCUT2D eigenvalue weighted by molar-refractivity contribution is -0.146. The molecule has 0 bridgehead atoms. The van der Waals surface area contributed by atoms with Crippen molar-refractivity contribution in [1.82, 2.24) is 0 Å². The molecule has 0 aliphatic heterocycles. The second-order valence-electron chi connectivity index (χ2n) is 3.45. The Morgan fingerprint density at radius 1 is 1.41 bits per heavy atom. The van der Waals surface area contributed by atoms with Gasteiger partial charge in [-0.15, -0.1) is 0 Å². The number of carbonyl (C=O) groups excluding carboxylic acids is 1. The Labute approximate surface area is 120 Å². The fourth-order valence-electron chi connectivity index (χ4n) is 1.33. The van der Waals surface area contributed by atoms with Crippen LogP contribution < -0.4 is 0 Å². The van der Waals surface area contributed by atoms with Gasteiger partial charge in [-0.25, -0.2) is 4.79 Å². The molecule has 2 unspecified atom stereocenters. The van der Waals surface area contributed by atoms with E-state index in [-0.39, 0.29) is 16.9 Å². The molecule has 0 saturated carbocycles. The zero-order chi connectivity index (χ0) is 13.2. The van der Waals surface area contributed by atoms with Crippen molar-refractivity contribution < 1.29 is 19.8 Å². The predicted molar refractivity (Wildman–Crippen MR) is 74.5 cm³/mol. The summed E-state index contributed by atoms with van der Waals surface area (Å²) >= 11 is 5.16. The van der Waals surface area contributed by atoms with Crippen LogP contribution in [0.1, 0.15) is 28.9 Å². The van der Waals surface area contributed by atoms with Crippen molar-refractivity contribution in [2.45, 2.75) is 17.9 Å². The van der Waals surface area contributed by atoms with Crippen LogP contribution in [0.4, 0.5) is 0 Å². The summed E-state index contributed by atoms with van der Waals surface area (Å²) in [5.41, 5.74) is 0.352. The first kappa shape index (κ1) is 14.6. The standard InChI is InChI=1S/C11H10BrIO4/c1-5(12)9(14)8-4-6(13)2-3-7(8)10(15)11(16)17/h2-5,10,15H,1H3,(H,16,17). The molecular weight excluding hydrogens is 403 g/mol. The quantitative estimate of drug-likeness (QED) is 0.452. The van der Waals surface area contributed by atoms with E-state index >= 15 is 0 Å². The minimum Gasteiger partial charge on any atom is -0.479 e. The second kappa shape index (κ2) is 5.92. The van der Waals surface area contributed by atoms with Crippen LogP contribution in [0.3, 0.4) is 0 Å². The van der Waals surface area contributed by atoms with E-state index in [1.807, 2.05) is 22.6 Å². The van der Waals surface area contributed by atoms with Gasteiger partial charge in [0.15, 0.2) is 11.9 Å². The second-order valence-corrected chi connectivity index (χ2v) is 6.07. The van der Waals surface area contributed by atoms with Gasteiger partial charge in [0.25, 0.3) is 0 Å². The third-order valence-corrected chi connectivity index (χ3v) is 3.26. The van der Waals surface area contributed by atoms with Crippen molar-refractivity contribution >= 4 is 50.3 Å². The number of aliphatic hydroxyl groups is 1. The van der Waals surface area contributed by atoms with Gasteiger partial charge in [0.05, 0.1) is 4.83 Å². The molecule has 0 saturated heterocycles. The number of aliphatic hydroxyl groups excluding tert-OH is 1. The largest absolute Gasteiger partial charge is 0.479 e. The first-order valence-corrected chi connectivity index (χ1v) is 6.72. The maximum atomic E-state index is 11.9. The van der Waals surface area contributed by atoms with Crippen LogP contribution in [0.2, 0.25) is 0 Å². The summed E-state index contributed by atoms with van der Waals surface area (Å²) in [5, 5.41) is 18.3. The van der Waals surface area contributed by atoms with Crippen molar-refractivity contribution in [1.29, 1.82) is 0 Å². The fraction of sp³-hybridized carbons (Fsp3) is 0.273. The van der Waals surface area contributed by atoms with E-state index in [0.717, 1.165) is 3.57 Å². The summed E-state index contributed by atoms with van der Waals surface area (Å²) in [6.07, 6.45) is -1.68. The molecule has 4 nitrogen and oxygen atoms in total. The van der Waals surface area contributed by atoms with Gasteiger partial charge in [-0.3, -0.25) is 4.79 Å². The molecule has 2 N–H and O–H groups in total. The Balaban J connectivity index is 3.31. The number of ketones is 1. The molecule has 1 aromatic carbocycles. The molecule has 1 aromatic rings. The SMILES string of the molecule is CC(Br)C(=O)c1cc(I)ccc1C(O)C(=O)O. The number of benzene rings is 1. The lowest BCUT2D eigenvalue weighted by atomic mass is 9.98. The Morgan fingerprint density at radius 2 is 2.00 bits per heavy atom. The Morgan fingerprint density at radius 3 is 2.47 bits per heavy atom. The van der Waals surface area contributed by atoms with E-state index in [1.54, 1.807) is 19.1 Å². The predicted octanol–water partition coefficient (Wildman–Crippen LogP) is 2.38. The Hall–Kier alpha value is -0.470. The summed E-state index contributed by atoms with van der Waals surface area (Å²) in [6.45, 7) is 1.65. The molecule has 0 aromatic heterocycles. The first-order valence-electron chi connectivity index (χ1n) is 4.73. The van der Waals surface area contributed by atoms with Gasteiger partial charge in [-0.1, -0.05) is 22.0 Å². The number of aliphatic carboxylic acids is 1. The number of carboxylic acids is 1. The van der Waals surface area contributed by atoms with E-state index in [2.05, 4.69) is 15.9 Å². The Kier molecular flexibility index (Phi) is 5.08. The smallest absolute Gasteiger partial charge is 0.337 e. The normalized spacial score (nSPS) is 14.1. The molecule has 0 radical (unpaired) electrons. The third kappa shape index (κ3) is 3.49. The zero-order valence-electron chi connectivity index (χ0n) is 8.85. The van der Waals surface area contributed by atoms with E-state index in [9.17, 15) is 14.7 Å². The van der Waals surface area contributed by atoms with Crippen molar-refractivity contribution in [3.63, 3.8) is 0 Å². The van der Waals surface area contributed by atoms with Crippen molar-refractivity contribution in [3.05, 3.63) is 32.9 Å². The van der Waals surface area contributed by atoms with Crippen molar-refractivity contribution in [2.75, 3.05) is 0 Å². The van der Waals surface area contributed by atoms with Gasteiger partial charge in [-0.05, 0) is 41.6 Å². The van der Waals surface area contributed by atoms with Gasteiger partial charge in [0, 0.05) is 14.7 Å². The number of alkyl halides is 1. The van der Waals surface area contributed by atoms with Crippen molar-refractivity contribution in [3.8, 4) is 0 Å². The van der Waals surface area contributed by atoms with Gasteiger partial charge in [0.2, 0.25) is 0 Å². The van der Waals surface area contributed by atoms with Crippen LogP contribution in [0.15, 0.2) is 18.2 Å². The van der Waals surface area contributed by atoms with Crippen LogP contribution in [-0.4, -0.2) is 26.8 Å². The molecule has 0 aliphatic carbocycles. The number of carbonyl (C=O) groups is 2. The lowest BCUT2D eigenvalue weighted by Gasteiger charge is -2.13. The molecule has 0 amide bonds. The van der Waals surface area contributed by atoms with Gasteiger partial charge in [-0.2, -0.15) is 0 Å². The average Bonchev–Trinajstić information content (AvgIpc) is 2.26. The summed E-state index contributed by atoms with van der Waals surface area (Å²) in [4.78, 5) is 22.2. The highest BCUT2D eigenvalue weighted by Crippen LogP contribution is 2.23.